The zero-order chi connectivity index (χ0) is 20.0. The molecular weight excluding hydrogens is 358 g/mol. The van der Waals surface area contributed by atoms with Gasteiger partial charge in [0.25, 0.3) is 0 Å². The van der Waals surface area contributed by atoms with E-state index in [-0.39, 0.29) is 11.8 Å². The molecule has 2 aromatic carbocycles. The molecule has 0 spiro atoms. The van der Waals surface area contributed by atoms with Gasteiger partial charge < -0.3 is 24.1 Å². The number of nitrogens with zero attached hydrogens (tertiary/aromatic N) is 1. The minimum absolute atomic E-state index is 0.148. The Balaban J connectivity index is 2.13. The van der Waals surface area contributed by atoms with Gasteiger partial charge in [-0.2, -0.15) is 0 Å². The number of methoxy groups -OCH3 is 4. The molecular formula is C22H27NO5. The average molecular weight is 385 g/mol. The minimum Gasteiger partial charge on any atom is -0.504 e. The van der Waals surface area contributed by atoms with E-state index in [0.717, 1.165) is 48.1 Å². The summed E-state index contributed by atoms with van der Waals surface area (Å²) in [6.45, 7) is 0.977. The van der Waals surface area contributed by atoms with Gasteiger partial charge in [-0.15, -0.1) is 0 Å². The third-order valence-corrected chi connectivity index (χ3v) is 6.06. The fraction of sp³-hybridized carbons (Fsp3) is 0.455. The number of benzene rings is 2. The van der Waals surface area contributed by atoms with E-state index in [9.17, 15) is 5.11 Å². The first-order valence-corrected chi connectivity index (χ1v) is 9.50. The van der Waals surface area contributed by atoms with Crippen LogP contribution in [0.5, 0.6) is 28.7 Å². The molecule has 0 amide bonds. The highest BCUT2D eigenvalue weighted by molar-refractivity contribution is 5.88. The van der Waals surface area contributed by atoms with Crippen molar-refractivity contribution in [3.63, 3.8) is 0 Å². The van der Waals surface area contributed by atoms with Crippen molar-refractivity contribution in [1.29, 1.82) is 0 Å². The average Bonchev–Trinajstić information content (AvgIpc) is 2.89. The predicted octanol–water partition coefficient (Wildman–Crippen LogP) is 3.57. The third-order valence-electron chi connectivity index (χ3n) is 6.06. The van der Waals surface area contributed by atoms with E-state index in [1.165, 1.54) is 5.56 Å². The summed E-state index contributed by atoms with van der Waals surface area (Å²) in [5, 5.41) is 11.2. The van der Waals surface area contributed by atoms with Gasteiger partial charge in [0.15, 0.2) is 23.0 Å². The van der Waals surface area contributed by atoms with Crippen LogP contribution >= 0.6 is 0 Å². The Hall–Kier alpha value is -2.60. The van der Waals surface area contributed by atoms with Gasteiger partial charge in [0.05, 0.1) is 28.4 Å². The van der Waals surface area contributed by atoms with Crippen molar-refractivity contribution in [2.45, 2.75) is 25.3 Å². The maximum atomic E-state index is 11.2. The maximum absolute atomic E-state index is 11.2. The molecule has 150 valence electrons. The summed E-state index contributed by atoms with van der Waals surface area (Å²) in [4.78, 5) is 2.37. The molecule has 4 rings (SSSR count). The van der Waals surface area contributed by atoms with E-state index in [1.807, 2.05) is 12.1 Å². The summed E-state index contributed by atoms with van der Waals surface area (Å²) in [5.74, 6) is 2.37. The number of ether oxygens (including phenoxy) is 4. The molecule has 0 fully saturated rings. The van der Waals surface area contributed by atoms with E-state index >= 15 is 0 Å². The van der Waals surface area contributed by atoms with Crippen LogP contribution < -0.4 is 18.9 Å². The van der Waals surface area contributed by atoms with Crippen molar-refractivity contribution < 1.29 is 24.1 Å². The lowest BCUT2D eigenvalue weighted by Crippen LogP contribution is -2.32. The van der Waals surface area contributed by atoms with Crippen LogP contribution in [0.3, 0.4) is 0 Å². The van der Waals surface area contributed by atoms with Crippen LogP contribution in [0.2, 0.25) is 0 Å². The Morgan fingerprint density at radius 2 is 1.54 bits per heavy atom. The number of aryl methyl sites for hydroxylation is 1. The highest BCUT2D eigenvalue weighted by atomic mass is 16.5. The number of phenols is 1. The van der Waals surface area contributed by atoms with Crippen molar-refractivity contribution >= 4 is 0 Å². The zero-order valence-electron chi connectivity index (χ0n) is 17.1. The van der Waals surface area contributed by atoms with Gasteiger partial charge in [-0.1, -0.05) is 0 Å². The minimum atomic E-state index is 0.148. The van der Waals surface area contributed by atoms with Gasteiger partial charge in [-0.25, -0.2) is 0 Å². The number of hydrogen-bond donors (Lipinski definition) is 1. The van der Waals surface area contributed by atoms with Gasteiger partial charge in [0, 0.05) is 23.7 Å². The Bertz CT molecular complexity index is 924. The van der Waals surface area contributed by atoms with E-state index in [2.05, 4.69) is 11.9 Å². The second-order valence-electron chi connectivity index (χ2n) is 7.34. The van der Waals surface area contributed by atoms with E-state index < -0.39 is 0 Å². The lowest BCUT2D eigenvalue weighted by Gasteiger charge is -2.35. The van der Waals surface area contributed by atoms with Gasteiger partial charge in [0.2, 0.25) is 5.75 Å². The molecule has 1 aliphatic carbocycles. The number of hydrogen-bond acceptors (Lipinski definition) is 6. The smallest absolute Gasteiger partial charge is 0.203 e. The number of aromatic hydroxyl groups is 1. The topological polar surface area (TPSA) is 60.4 Å². The van der Waals surface area contributed by atoms with Crippen LogP contribution in [0.15, 0.2) is 12.1 Å². The van der Waals surface area contributed by atoms with Gasteiger partial charge in [0.1, 0.15) is 0 Å². The number of likely N-dealkylation sites (N-methyl/N-ethyl adjacent to an activating group) is 1. The maximum Gasteiger partial charge on any atom is 0.203 e. The number of rotatable bonds is 4. The molecule has 2 aromatic rings. The fourth-order valence-electron chi connectivity index (χ4n) is 4.72. The molecule has 1 N–H and O–H groups in total. The Labute approximate surface area is 165 Å². The first-order chi connectivity index (χ1) is 13.5. The first-order valence-electron chi connectivity index (χ1n) is 9.50. The summed E-state index contributed by atoms with van der Waals surface area (Å²) >= 11 is 0. The quantitative estimate of drug-likeness (QED) is 0.868. The second kappa shape index (κ2) is 7.09. The van der Waals surface area contributed by atoms with Crippen molar-refractivity contribution in [1.82, 2.24) is 4.90 Å². The monoisotopic (exact) mass is 385 g/mol. The Morgan fingerprint density at radius 3 is 2.18 bits per heavy atom. The molecule has 1 atom stereocenters. The SMILES string of the molecule is COc1cc2c3c(c1O)-c1c(cc(OC)c(OC)c1OC)CC[C@H]3N(C)CC2. The second-order valence-corrected chi connectivity index (χ2v) is 7.34. The summed E-state index contributed by atoms with van der Waals surface area (Å²) in [6.07, 6.45) is 2.71. The largest absolute Gasteiger partial charge is 0.504 e. The molecule has 6 nitrogen and oxygen atoms in total. The molecule has 0 aromatic heterocycles. The third kappa shape index (κ3) is 2.58. The molecule has 0 unspecified atom stereocenters. The van der Waals surface area contributed by atoms with Crippen molar-refractivity contribution in [2.75, 3.05) is 42.0 Å². The van der Waals surface area contributed by atoms with Gasteiger partial charge in [-0.3, -0.25) is 4.90 Å². The summed E-state index contributed by atoms with van der Waals surface area (Å²) < 4.78 is 22.5. The molecule has 0 bridgehead atoms. The predicted molar refractivity (Wildman–Crippen MR) is 107 cm³/mol. The standard InChI is InChI=1S/C22H27NO5/c1-23-9-8-13-10-15(25-2)20(24)19-17(13)14(23)7-6-12-11-16(26-3)21(27-4)22(28-5)18(12)19/h10-11,14,24H,6-9H2,1-5H3/t14-/m1/s1. The molecule has 28 heavy (non-hydrogen) atoms. The van der Waals surface area contributed by atoms with E-state index in [1.54, 1.807) is 28.4 Å². The van der Waals surface area contributed by atoms with Gasteiger partial charge >= 0.3 is 0 Å². The van der Waals surface area contributed by atoms with E-state index in [0.29, 0.717) is 23.0 Å². The summed E-state index contributed by atoms with van der Waals surface area (Å²) in [6, 6.07) is 4.20. The lowest BCUT2D eigenvalue weighted by molar-refractivity contribution is 0.220. The Kier molecular flexibility index (Phi) is 4.75. The number of phenolic OH excluding ortho intramolecular Hbond substituents is 1. The highest BCUT2D eigenvalue weighted by Crippen LogP contribution is 2.56. The van der Waals surface area contributed by atoms with Crippen LogP contribution in [-0.4, -0.2) is 52.0 Å². The zero-order valence-corrected chi connectivity index (χ0v) is 17.1. The fourth-order valence-corrected chi connectivity index (χ4v) is 4.72. The van der Waals surface area contributed by atoms with E-state index in [4.69, 9.17) is 18.9 Å². The summed E-state index contributed by atoms with van der Waals surface area (Å²) in [7, 11) is 8.57. The molecule has 1 heterocycles. The lowest BCUT2D eigenvalue weighted by atomic mass is 9.85. The van der Waals surface area contributed by atoms with Crippen molar-refractivity contribution in [3.05, 3.63) is 28.8 Å². The normalized spacial score (nSPS) is 18.0. The van der Waals surface area contributed by atoms with Crippen LogP contribution in [0.4, 0.5) is 0 Å². The van der Waals surface area contributed by atoms with Crippen LogP contribution in [0, 0.1) is 0 Å². The Morgan fingerprint density at radius 1 is 0.857 bits per heavy atom. The highest BCUT2D eigenvalue weighted by Gasteiger charge is 2.36. The van der Waals surface area contributed by atoms with Crippen LogP contribution in [-0.2, 0) is 12.8 Å². The van der Waals surface area contributed by atoms with Gasteiger partial charge in [-0.05, 0) is 55.1 Å². The van der Waals surface area contributed by atoms with Crippen LogP contribution in [0.1, 0.15) is 29.2 Å². The molecule has 0 saturated carbocycles. The molecule has 6 heteroatoms. The van der Waals surface area contributed by atoms with Crippen molar-refractivity contribution in [3.8, 4) is 39.9 Å². The molecule has 0 radical (unpaired) electrons. The molecule has 2 aliphatic rings. The van der Waals surface area contributed by atoms with Crippen molar-refractivity contribution in [2.24, 2.45) is 0 Å². The number of fused-ring (bicyclic) bond motifs is 2. The van der Waals surface area contributed by atoms with Crippen LogP contribution in [0.25, 0.3) is 11.1 Å². The first kappa shape index (κ1) is 18.7. The summed E-state index contributed by atoms with van der Waals surface area (Å²) in [5.41, 5.74) is 5.11. The molecule has 0 saturated heterocycles. The molecule has 1 aliphatic heterocycles.